The molecule has 8 nitrogen and oxygen atoms in total. The maximum absolute atomic E-state index is 13.4. The fourth-order valence-electron chi connectivity index (χ4n) is 4.77. The molecular formula is C28H25Cl2N5O3. The Morgan fingerprint density at radius 3 is 2.50 bits per heavy atom. The third-order valence-corrected chi connectivity index (χ3v) is 6.94. The second-order valence-electron chi connectivity index (χ2n) is 9.10. The van der Waals surface area contributed by atoms with Crippen molar-refractivity contribution >= 4 is 39.8 Å². The van der Waals surface area contributed by atoms with Crippen LogP contribution in [0.25, 0.3) is 27.6 Å². The van der Waals surface area contributed by atoms with Crippen molar-refractivity contribution in [3.05, 3.63) is 93.3 Å². The van der Waals surface area contributed by atoms with Gasteiger partial charge in [0.05, 0.1) is 31.2 Å². The minimum absolute atomic E-state index is 0.0552. The summed E-state index contributed by atoms with van der Waals surface area (Å²) in [7, 11) is 3.48. The van der Waals surface area contributed by atoms with Crippen molar-refractivity contribution < 1.29 is 9.53 Å². The largest absolute Gasteiger partial charge is 0.495 e. The Kier molecular flexibility index (Phi) is 7.10. The molecule has 0 amide bonds. The Bertz CT molecular complexity index is 1720. The van der Waals surface area contributed by atoms with Gasteiger partial charge in [0, 0.05) is 48.1 Å². The number of hydrogen-bond donors (Lipinski definition) is 0. The minimum atomic E-state index is -0.648. The fraction of sp³-hybridized carbons (Fsp3) is 0.214. The van der Waals surface area contributed by atoms with E-state index in [1.165, 1.54) is 22.4 Å². The van der Waals surface area contributed by atoms with Gasteiger partial charge in [0.25, 0.3) is 5.56 Å². The van der Waals surface area contributed by atoms with Crippen LogP contribution in [0.4, 0.5) is 0 Å². The first-order valence-corrected chi connectivity index (χ1v) is 12.8. The molecule has 0 aliphatic rings. The zero-order chi connectivity index (χ0) is 27.0. The Morgan fingerprint density at radius 1 is 1.00 bits per heavy atom. The lowest BCUT2D eigenvalue weighted by molar-refractivity contribution is -0.121. The Morgan fingerprint density at radius 2 is 1.79 bits per heavy atom. The van der Waals surface area contributed by atoms with E-state index < -0.39 is 6.04 Å². The molecule has 0 spiro atoms. The molecule has 0 aliphatic heterocycles. The van der Waals surface area contributed by atoms with Crippen LogP contribution < -0.4 is 10.3 Å². The smallest absolute Gasteiger partial charge is 0.252 e. The lowest BCUT2D eigenvalue weighted by Gasteiger charge is -2.20. The van der Waals surface area contributed by atoms with Crippen LogP contribution in [0.1, 0.15) is 24.9 Å². The third kappa shape index (κ3) is 4.97. The number of carbonyl (C=O) groups excluding carboxylic acids is 1. The number of methoxy groups -OCH3 is 1. The van der Waals surface area contributed by atoms with E-state index in [2.05, 4.69) is 10.3 Å². The molecule has 3 heterocycles. The van der Waals surface area contributed by atoms with E-state index in [0.717, 1.165) is 16.3 Å². The summed E-state index contributed by atoms with van der Waals surface area (Å²) in [6, 6.07) is 12.0. The van der Waals surface area contributed by atoms with Crippen molar-refractivity contribution in [2.75, 3.05) is 7.11 Å². The molecule has 5 rings (SSSR count). The number of rotatable bonds is 8. The van der Waals surface area contributed by atoms with Gasteiger partial charge in [-0.2, -0.15) is 0 Å². The number of hydrogen-bond acceptors (Lipinski definition) is 5. The summed E-state index contributed by atoms with van der Waals surface area (Å²) in [4.78, 5) is 26.8. The highest BCUT2D eigenvalue weighted by atomic mass is 35.5. The molecule has 3 aromatic heterocycles. The van der Waals surface area contributed by atoms with Crippen molar-refractivity contribution in [1.29, 1.82) is 0 Å². The van der Waals surface area contributed by atoms with E-state index in [-0.39, 0.29) is 22.9 Å². The molecule has 38 heavy (non-hydrogen) atoms. The second kappa shape index (κ2) is 10.5. The molecule has 0 fully saturated rings. The van der Waals surface area contributed by atoms with Crippen molar-refractivity contribution in [3.63, 3.8) is 0 Å². The molecule has 5 aromatic rings. The molecule has 2 aromatic carbocycles. The van der Waals surface area contributed by atoms with Crippen LogP contribution in [-0.4, -0.2) is 37.0 Å². The van der Waals surface area contributed by atoms with Crippen LogP contribution in [0.3, 0.4) is 0 Å². The zero-order valence-electron chi connectivity index (χ0n) is 21.1. The summed E-state index contributed by atoms with van der Waals surface area (Å²) in [6.45, 7) is 1.89. The van der Waals surface area contributed by atoms with E-state index in [9.17, 15) is 9.59 Å². The van der Waals surface area contributed by atoms with Crippen molar-refractivity contribution in [1.82, 2.24) is 24.1 Å². The number of benzene rings is 2. The van der Waals surface area contributed by atoms with Crippen LogP contribution in [0.2, 0.25) is 10.2 Å². The van der Waals surface area contributed by atoms with E-state index in [1.54, 1.807) is 30.6 Å². The Hall–Kier alpha value is -3.88. The van der Waals surface area contributed by atoms with Gasteiger partial charge in [-0.15, -0.1) is 5.10 Å². The molecule has 0 N–H and O–H groups in total. The number of fused-ring (bicyclic) bond motifs is 1. The monoisotopic (exact) mass is 549 g/mol. The summed E-state index contributed by atoms with van der Waals surface area (Å²) in [5, 5.41) is 10.8. The van der Waals surface area contributed by atoms with Crippen molar-refractivity contribution in [2.24, 2.45) is 7.05 Å². The first kappa shape index (κ1) is 25.8. The molecular weight excluding hydrogens is 525 g/mol. The number of Topliss-reactive ketones (excluding diaryl/α,β-unsaturated/α-hetero) is 1. The highest BCUT2D eigenvalue weighted by molar-refractivity contribution is 6.31. The van der Waals surface area contributed by atoms with Gasteiger partial charge in [0.1, 0.15) is 5.75 Å². The molecule has 10 heteroatoms. The Balaban J connectivity index is 1.52. The second-order valence-corrected chi connectivity index (χ2v) is 9.93. The molecule has 0 bridgehead atoms. The summed E-state index contributed by atoms with van der Waals surface area (Å²) < 4.78 is 10.6. The van der Waals surface area contributed by atoms with Crippen LogP contribution >= 0.6 is 23.2 Å². The summed E-state index contributed by atoms with van der Waals surface area (Å²) in [6.07, 6.45) is 7.86. The number of ketones is 1. The van der Waals surface area contributed by atoms with E-state index in [0.29, 0.717) is 34.0 Å². The molecule has 194 valence electrons. The highest BCUT2D eigenvalue weighted by Gasteiger charge is 2.23. The van der Waals surface area contributed by atoms with E-state index in [1.807, 2.05) is 49.1 Å². The number of aromatic nitrogens is 5. The lowest BCUT2D eigenvalue weighted by Crippen LogP contribution is -2.30. The summed E-state index contributed by atoms with van der Waals surface area (Å²) in [5.41, 5.74) is 2.30. The zero-order valence-corrected chi connectivity index (χ0v) is 22.6. The van der Waals surface area contributed by atoms with Gasteiger partial charge in [0.15, 0.2) is 10.9 Å². The number of carbonyl (C=O) groups is 1. The van der Waals surface area contributed by atoms with Gasteiger partial charge in [-0.05, 0) is 47.0 Å². The third-order valence-electron chi connectivity index (χ3n) is 6.53. The maximum atomic E-state index is 13.4. The quantitative estimate of drug-likeness (QED) is 0.249. The lowest BCUT2D eigenvalue weighted by atomic mass is 9.99. The number of ether oxygens (including phenoxy) is 1. The van der Waals surface area contributed by atoms with Crippen molar-refractivity contribution in [2.45, 2.75) is 25.8 Å². The normalized spacial score (nSPS) is 12.1. The van der Waals surface area contributed by atoms with Gasteiger partial charge in [-0.1, -0.05) is 47.5 Å². The predicted octanol–water partition coefficient (Wildman–Crippen LogP) is 5.67. The van der Waals surface area contributed by atoms with Crippen LogP contribution in [0.15, 0.2) is 72.0 Å². The summed E-state index contributed by atoms with van der Waals surface area (Å²) in [5.74, 6) is 0.358. The predicted molar refractivity (Wildman–Crippen MR) is 149 cm³/mol. The van der Waals surface area contributed by atoms with Crippen LogP contribution in [0, 0.1) is 0 Å². The first-order chi connectivity index (χ1) is 18.3. The van der Waals surface area contributed by atoms with Crippen LogP contribution in [-0.2, 0) is 18.3 Å². The standard InChI is InChI=1S/C28H25Cl2N5O3/c1-4-23(25(36)10-17-5-6-18-13-33(2)14-19(18)9-17)34-15-26(38-3)22(12-28(34)37)21-11-20(29)7-8-24(21)35-16-27(30)31-32-35/h5-9,11-16,23H,4,10H2,1-3H3/t23-/m0/s1. The molecule has 0 saturated heterocycles. The van der Waals surface area contributed by atoms with E-state index in [4.69, 9.17) is 27.9 Å². The van der Waals surface area contributed by atoms with Gasteiger partial charge >= 0.3 is 0 Å². The molecule has 0 radical (unpaired) electrons. The van der Waals surface area contributed by atoms with Gasteiger partial charge in [0.2, 0.25) is 0 Å². The van der Waals surface area contributed by atoms with Crippen molar-refractivity contribution in [3.8, 4) is 22.6 Å². The van der Waals surface area contributed by atoms with Gasteiger partial charge in [-0.25, -0.2) is 4.68 Å². The van der Waals surface area contributed by atoms with E-state index >= 15 is 0 Å². The minimum Gasteiger partial charge on any atom is -0.495 e. The number of aryl methyl sites for hydroxylation is 1. The topological polar surface area (TPSA) is 83.9 Å². The van der Waals surface area contributed by atoms with Crippen LogP contribution in [0.5, 0.6) is 5.75 Å². The summed E-state index contributed by atoms with van der Waals surface area (Å²) >= 11 is 12.3. The fourth-order valence-corrected chi connectivity index (χ4v) is 5.07. The molecule has 0 unspecified atom stereocenters. The number of nitrogens with zero attached hydrogens (tertiary/aromatic N) is 5. The average Bonchev–Trinajstić information content (AvgIpc) is 3.49. The number of halogens is 2. The Labute approximate surface area is 229 Å². The highest BCUT2D eigenvalue weighted by Crippen LogP contribution is 2.35. The number of pyridine rings is 1. The maximum Gasteiger partial charge on any atom is 0.252 e. The van der Waals surface area contributed by atoms with Gasteiger partial charge in [-0.3, -0.25) is 9.59 Å². The SMILES string of the molecule is CC[C@@H](C(=O)Cc1ccc2cn(C)cc2c1)n1cc(OC)c(-c2cc(Cl)ccc2-n2cc(Cl)nn2)cc1=O. The average molecular weight is 550 g/mol. The van der Waals surface area contributed by atoms with Gasteiger partial charge < -0.3 is 13.9 Å². The molecule has 0 saturated carbocycles. The first-order valence-electron chi connectivity index (χ1n) is 12.0. The molecule has 1 atom stereocenters. The molecule has 0 aliphatic carbocycles.